The highest BCUT2D eigenvalue weighted by Gasteiger charge is 2.06. The van der Waals surface area contributed by atoms with Crippen LogP contribution in [0.25, 0.3) is 16.9 Å². The molecule has 0 fully saturated rings. The second-order valence-electron chi connectivity index (χ2n) is 5.12. The average Bonchev–Trinajstić information content (AvgIpc) is 2.97. The van der Waals surface area contributed by atoms with Crippen LogP contribution in [0, 0.1) is 0 Å². The van der Waals surface area contributed by atoms with Gasteiger partial charge in [-0.2, -0.15) is 0 Å². The van der Waals surface area contributed by atoms with Gasteiger partial charge in [-0.05, 0) is 25.1 Å². The van der Waals surface area contributed by atoms with Crippen molar-refractivity contribution in [2.24, 2.45) is 5.73 Å². The summed E-state index contributed by atoms with van der Waals surface area (Å²) in [5, 5.41) is 2.87. The Labute approximate surface area is 128 Å². The van der Waals surface area contributed by atoms with Gasteiger partial charge < -0.3 is 15.5 Å². The van der Waals surface area contributed by atoms with Crippen molar-refractivity contribution >= 4 is 17.2 Å². The van der Waals surface area contributed by atoms with Crippen LogP contribution in [0.1, 0.15) is 12.8 Å². The number of hydrogen-bond donors (Lipinski definition) is 2. The smallest absolute Gasteiger partial charge is 0.224 e. The average molecular weight is 294 g/mol. The standard InChI is InChI=1S/C17H18N4O/c18-10-4-7-17(22)19-14-8-9-16-20-15(12-21(16)11-14)13-5-2-1-3-6-13/h1-3,5-6,8-9,11-12H,4,7,10,18H2,(H,19,22). The number of benzene rings is 1. The lowest BCUT2D eigenvalue weighted by atomic mass is 10.2. The normalized spacial score (nSPS) is 10.8. The van der Waals surface area contributed by atoms with Crippen LogP contribution >= 0.6 is 0 Å². The number of fused-ring (bicyclic) bond motifs is 1. The van der Waals surface area contributed by atoms with Crippen molar-refractivity contribution in [3.63, 3.8) is 0 Å². The summed E-state index contributed by atoms with van der Waals surface area (Å²) in [7, 11) is 0. The largest absolute Gasteiger partial charge is 0.330 e. The van der Waals surface area contributed by atoms with Crippen molar-refractivity contribution in [3.8, 4) is 11.3 Å². The Balaban J connectivity index is 1.83. The number of nitrogens with one attached hydrogen (secondary N) is 1. The summed E-state index contributed by atoms with van der Waals surface area (Å²) in [5.41, 5.74) is 8.99. The molecule has 3 N–H and O–H groups in total. The molecule has 0 aliphatic rings. The minimum Gasteiger partial charge on any atom is -0.330 e. The Morgan fingerprint density at radius 3 is 2.73 bits per heavy atom. The summed E-state index contributed by atoms with van der Waals surface area (Å²) < 4.78 is 1.92. The molecule has 5 nitrogen and oxygen atoms in total. The first kappa shape index (κ1) is 14.3. The number of hydrogen-bond acceptors (Lipinski definition) is 3. The number of carbonyl (C=O) groups is 1. The van der Waals surface area contributed by atoms with Gasteiger partial charge in [0, 0.05) is 24.4 Å². The predicted octanol–water partition coefficient (Wildman–Crippen LogP) is 2.68. The van der Waals surface area contributed by atoms with Crippen LogP contribution < -0.4 is 11.1 Å². The Morgan fingerprint density at radius 2 is 1.95 bits per heavy atom. The van der Waals surface area contributed by atoms with Gasteiger partial charge in [0.1, 0.15) is 5.65 Å². The van der Waals surface area contributed by atoms with E-state index in [0.29, 0.717) is 19.4 Å². The first-order chi connectivity index (χ1) is 10.8. The van der Waals surface area contributed by atoms with Gasteiger partial charge >= 0.3 is 0 Å². The van der Waals surface area contributed by atoms with Gasteiger partial charge in [0.25, 0.3) is 0 Å². The number of nitrogens with zero attached hydrogens (tertiary/aromatic N) is 2. The summed E-state index contributed by atoms with van der Waals surface area (Å²) in [6.07, 6.45) is 4.96. The minimum absolute atomic E-state index is 0.0202. The second kappa shape index (κ2) is 6.41. The van der Waals surface area contributed by atoms with Crippen molar-refractivity contribution in [2.75, 3.05) is 11.9 Å². The number of anilines is 1. The lowest BCUT2D eigenvalue weighted by molar-refractivity contribution is -0.116. The highest BCUT2D eigenvalue weighted by atomic mass is 16.1. The SMILES string of the molecule is NCCCC(=O)Nc1ccc2nc(-c3ccccc3)cn2c1. The number of nitrogens with two attached hydrogens (primary N) is 1. The van der Waals surface area contributed by atoms with E-state index in [0.717, 1.165) is 22.6 Å². The summed E-state index contributed by atoms with van der Waals surface area (Å²) in [4.78, 5) is 16.3. The molecule has 22 heavy (non-hydrogen) atoms. The molecule has 0 aliphatic heterocycles. The zero-order valence-electron chi connectivity index (χ0n) is 12.2. The van der Waals surface area contributed by atoms with Crippen molar-refractivity contribution in [3.05, 3.63) is 54.9 Å². The van der Waals surface area contributed by atoms with Gasteiger partial charge in [0.15, 0.2) is 0 Å². The zero-order valence-corrected chi connectivity index (χ0v) is 12.2. The van der Waals surface area contributed by atoms with E-state index >= 15 is 0 Å². The Kier molecular flexibility index (Phi) is 4.16. The van der Waals surface area contributed by atoms with Gasteiger partial charge in [-0.1, -0.05) is 30.3 Å². The molecule has 0 radical (unpaired) electrons. The minimum atomic E-state index is -0.0202. The number of pyridine rings is 1. The summed E-state index contributed by atoms with van der Waals surface area (Å²) in [6, 6.07) is 13.8. The maximum Gasteiger partial charge on any atom is 0.224 e. The Hall–Kier alpha value is -2.66. The zero-order chi connectivity index (χ0) is 15.4. The molecule has 112 valence electrons. The van der Waals surface area contributed by atoms with Crippen molar-refractivity contribution in [2.45, 2.75) is 12.8 Å². The third kappa shape index (κ3) is 3.15. The molecule has 2 heterocycles. The maximum absolute atomic E-state index is 11.7. The number of aromatic nitrogens is 2. The van der Waals surface area contributed by atoms with Gasteiger partial charge in [0.2, 0.25) is 5.91 Å². The Morgan fingerprint density at radius 1 is 1.14 bits per heavy atom. The van der Waals surface area contributed by atoms with E-state index in [2.05, 4.69) is 10.3 Å². The van der Waals surface area contributed by atoms with E-state index in [4.69, 9.17) is 5.73 Å². The number of carbonyl (C=O) groups excluding carboxylic acids is 1. The van der Waals surface area contributed by atoms with Crippen LogP contribution in [-0.4, -0.2) is 21.8 Å². The molecule has 3 rings (SSSR count). The first-order valence-electron chi connectivity index (χ1n) is 7.30. The predicted molar refractivity (Wildman–Crippen MR) is 87.5 cm³/mol. The van der Waals surface area contributed by atoms with E-state index in [1.54, 1.807) is 0 Å². The molecule has 1 amide bonds. The molecule has 0 bridgehead atoms. The molecule has 1 aromatic carbocycles. The van der Waals surface area contributed by atoms with Crippen LogP contribution in [-0.2, 0) is 4.79 Å². The number of rotatable bonds is 5. The Bertz CT molecular complexity index is 780. The van der Waals surface area contributed by atoms with Gasteiger partial charge in [-0.15, -0.1) is 0 Å². The molecule has 0 saturated carbocycles. The molecule has 3 aromatic rings. The highest BCUT2D eigenvalue weighted by molar-refractivity contribution is 5.90. The van der Waals surface area contributed by atoms with Crippen molar-refractivity contribution in [1.82, 2.24) is 9.38 Å². The lowest BCUT2D eigenvalue weighted by Gasteiger charge is -2.04. The van der Waals surface area contributed by atoms with Crippen LogP contribution in [0.5, 0.6) is 0 Å². The number of imidazole rings is 1. The molecule has 0 aliphatic carbocycles. The molecule has 0 unspecified atom stereocenters. The van der Waals surface area contributed by atoms with Crippen LogP contribution in [0.15, 0.2) is 54.9 Å². The van der Waals surface area contributed by atoms with E-state index < -0.39 is 0 Å². The highest BCUT2D eigenvalue weighted by Crippen LogP contribution is 2.20. The quantitative estimate of drug-likeness (QED) is 0.760. The second-order valence-corrected chi connectivity index (χ2v) is 5.12. The first-order valence-corrected chi connectivity index (χ1v) is 7.30. The topological polar surface area (TPSA) is 72.4 Å². The van der Waals surface area contributed by atoms with E-state index in [1.807, 2.05) is 59.3 Å². The number of amides is 1. The van der Waals surface area contributed by atoms with Crippen LogP contribution in [0.4, 0.5) is 5.69 Å². The summed E-state index contributed by atoms with van der Waals surface area (Å²) >= 11 is 0. The third-order valence-electron chi connectivity index (χ3n) is 3.41. The van der Waals surface area contributed by atoms with E-state index in [9.17, 15) is 4.79 Å². The molecule has 0 atom stereocenters. The third-order valence-corrected chi connectivity index (χ3v) is 3.41. The molecule has 0 saturated heterocycles. The van der Waals surface area contributed by atoms with E-state index in [-0.39, 0.29) is 5.91 Å². The van der Waals surface area contributed by atoms with Crippen molar-refractivity contribution < 1.29 is 4.79 Å². The monoisotopic (exact) mass is 294 g/mol. The molecule has 2 aromatic heterocycles. The van der Waals surface area contributed by atoms with Crippen LogP contribution in [0.3, 0.4) is 0 Å². The fourth-order valence-electron chi connectivity index (χ4n) is 2.30. The summed E-state index contributed by atoms with van der Waals surface area (Å²) in [6.45, 7) is 0.522. The lowest BCUT2D eigenvalue weighted by Crippen LogP contribution is -2.13. The van der Waals surface area contributed by atoms with E-state index in [1.165, 1.54) is 0 Å². The van der Waals surface area contributed by atoms with Gasteiger partial charge in [0.05, 0.1) is 11.4 Å². The molecular weight excluding hydrogens is 276 g/mol. The van der Waals surface area contributed by atoms with Crippen LogP contribution in [0.2, 0.25) is 0 Å². The van der Waals surface area contributed by atoms with Crippen molar-refractivity contribution in [1.29, 1.82) is 0 Å². The molecule has 0 spiro atoms. The fraction of sp³-hybridized carbons (Fsp3) is 0.176. The van der Waals surface area contributed by atoms with Gasteiger partial charge in [-0.3, -0.25) is 4.79 Å². The maximum atomic E-state index is 11.7. The van der Waals surface area contributed by atoms with Gasteiger partial charge in [-0.25, -0.2) is 4.98 Å². The fourth-order valence-corrected chi connectivity index (χ4v) is 2.30. The molecule has 5 heteroatoms. The molecular formula is C17H18N4O. The summed E-state index contributed by atoms with van der Waals surface area (Å²) in [5.74, 6) is -0.0202.